The molecule has 0 spiro atoms. The van der Waals surface area contributed by atoms with Crippen LogP contribution >= 0.6 is 11.6 Å². The summed E-state index contributed by atoms with van der Waals surface area (Å²) in [6.45, 7) is 8.00. The first kappa shape index (κ1) is 10.3. The number of alkyl halides is 1. The van der Waals surface area contributed by atoms with E-state index in [0.29, 0.717) is 5.38 Å². The van der Waals surface area contributed by atoms with Gasteiger partial charge >= 0.3 is 0 Å². The summed E-state index contributed by atoms with van der Waals surface area (Å²) in [5, 5.41) is 3.69. The van der Waals surface area contributed by atoms with Crippen molar-refractivity contribution in [1.82, 2.24) is 10.2 Å². The minimum Gasteiger partial charge on any atom is -0.314 e. The molecular formula is C9H19ClN2. The van der Waals surface area contributed by atoms with Gasteiger partial charge in [-0.2, -0.15) is 0 Å². The summed E-state index contributed by atoms with van der Waals surface area (Å²) < 4.78 is 0. The molecule has 72 valence electrons. The summed E-state index contributed by atoms with van der Waals surface area (Å²) in [4.78, 5) is 2.51. The Labute approximate surface area is 80.3 Å². The molecule has 0 aliphatic carbocycles. The number of hydrogen-bond acceptors (Lipinski definition) is 2. The average molecular weight is 191 g/mol. The van der Waals surface area contributed by atoms with E-state index >= 15 is 0 Å². The Hall–Kier alpha value is 0.210. The lowest BCUT2D eigenvalue weighted by Crippen LogP contribution is -2.43. The van der Waals surface area contributed by atoms with Gasteiger partial charge in [-0.05, 0) is 26.3 Å². The number of rotatable bonds is 4. The van der Waals surface area contributed by atoms with Crippen molar-refractivity contribution in [2.75, 3.05) is 32.7 Å². The molecule has 0 aromatic heterocycles. The minimum atomic E-state index is 0.341. The largest absolute Gasteiger partial charge is 0.314 e. The van der Waals surface area contributed by atoms with Gasteiger partial charge in [0.15, 0.2) is 0 Å². The summed E-state index contributed by atoms with van der Waals surface area (Å²) in [6.07, 6.45) is 2.39. The van der Waals surface area contributed by atoms with E-state index in [1.54, 1.807) is 0 Å². The first-order valence-electron chi connectivity index (χ1n) is 4.86. The second-order valence-corrected chi connectivity index (χ2v) is 4.26. The second-order valence-electron chi connectivity index (χ2n) is 3.51. The molecule has 3 heteroatoms. The minimum absolute atomic E-state index is 0.341. The lowest BCUT2D eigenvalue weighted by molar-refractivity contribution is 0.237. The molecule has 2 nitrogen and oxygen atoms in total. The van der Waals surface area contributed by atoms with E-state index in [2.05, 4.69) is 17.1 Å². The van der Waals surface area contributed by atoms with Gasteiger partial charge in [0, 0.05) is 31.6 Å². The van der Waals surface area contributed by atoms with Crippen LogP contribution in [0.5, 0.6) is 0 Å². The topological polar surface area (TPSA) is 15.3 Å². The SMILES string of the molecule is CC(Cl)CCCN1CCNCC1. The highest BCUT2D eigenvalue weighted by Gasteiger charge is 2.08. The van der Waals surface area contributed by atoms with Gasteiger partial charge in [0.2, 0.25) is 0 Å². The van der Waals surface area contributed by atoms with Crippen molar-refractivity contribution in [3.63, 3.8) is 0 Å². The molecule has 1 N–H and O–H groups in total. The number of nitrogens with one attached hydrogen (secondary N) is 1. The molecule has 1 aliphatic heterocycles. The maximum absolute atomic E-state index is 5.86. The summed E-state index contributed by atoms with van der Waals surface area (Å²) in [6, 6.07) is 0. The molecule has 1 fully saturated rings. The van der Waals surface area contributed by atoms with Crippen LogP contribution in [0.15, 0.2) is 0 Å². The standard InChI is InChI=1S/C9H19ClN2/c1-9(10)3-2-6-12-7-4-11-5-8-12/h9,11H,2-8H2,1H3. The van der Waals surface area contributed by atoms with Gasteiger partial charge in [0.1, 0.15) is 0 Å². The van der Waals surface area contributed by atoms with Gasteiger partial charge in [-0.25, -0.2) is 0 Å². The van der Waals surface area contributed by atoms with Crippen LogP contribution in [0.2, 0.25) is 0 Å². The molecule has 0 aromatic rings. The highest BCUT2D eigenvalue weighted by Crippen LogP contribution is 2.05. The zero-order chi connectivity index (χ0) is 8.81. The maximum atomic E-state index is 5.86. The van der Waals surface area contributed by atoms with Crippen molar-refractivity contribution >= 4 is 11.6 Å². The van der Waals surface area contributed by atoms with E-state index < -0.39 is 0 Å². The van der Waals surface area contributed by atoms with Crippen LogP contribution in [0.25, 0.3) is 0 Å². The Morgan fingerprint density at radius 1 is 1.42 bits per heavy atom. The first-order chi connectivity index (χ1) is 5.79. The van der Waals surface area contributed by atoms with Gasteiger partial charge in [-0.15, -0.1) is 11.6 Å². The van der Waals surface area contributed by atoms with Crippen LogP contribution in [0.3, 0.4) is 0 Å². The molecule has 0 bridgehead atoms. The van der Waals surface area contributed by atoms with Crippen molar-refractivity contribution in [1.29, 1.82) is 0 Å². The van der Waals surface area contributed by atoms with Gasteiger partial charge in [0.25, 0.3) is 0 Å². The highest BCUT2D eigenvalue weighted by atomic mass is 35.5. The lowest BCUT2D eigenvalue weighted by Gasteiger charge is -2.27. The second kappa shape index (κ2) is 5.79. The monoisotopic (exact) mass is 190 g/mol. The molecule has 0 radical (unpaired) electrons. The molecule has 12 heavy (non-hydrogen) atoms. The smallest absolute Gasteiger partial charge is 0.0308 e. The summed E-state index contributed by atoms with van der Waals surface area (Å²) in [7, 11) is 0. The third kappa shape index (κ3) is 4.29. The van der Waals surface area contributed by atoms with Crippen molar-refractivity contribution in [3.8, 4) is 0 Å². The number of hydrogen-bond donors (Lipinski definition) is 1. The van der Waals surface area contributed by atoms with E-state index in [1.807, 2.05) is 0 Å². The van der Waals surface area contributed by atoms with E-state index in [9.17, 15) is 0 Å². The molecule has 0 amide bonds. The van der Waals surface area contributed by atoms with Gasteiger partial charge < -0.3 is 10.2 Å². The fourth-order valence-corrected chi connectivity index (χ4v) is 1.69. The Morgan fingerprint density at radius 2 is 2.08 bits per heavy atom. The molecule has 0 aromatic carbocycles. The van der Waals surface area contributed by atoms with Crippen LogP contribution in [-0.2, 0) is 0 Å². The first-order valence-corrected chi connectivity index (χ1v) is 5.30. The van der Waals surface area contributed by atoms with Crippen molar-refractivity contribution in [3.05, 3.63) is 0 Å². The zero-order valence-electron chi connectivity index (χ0n) is 7.85. The number of halogens is 1. The maximum Gasteiger partial charge on any atom is 0.0308 e. The van der Waals surface area contributed by atoms with E-state index in [1.165, 1.54) is 26.1 Å². The van der Waals surface area contributed by atoms with Gasteiger partial charge in [-0.3, -0.25) is 0 Å². The fourth-order valence-electron chi connectivity index (χ4n) is 1.53. The Balaban J connectivity index is 1.98. The van der Waals surface area contributed by atoms with Crippen LogP contribution < -0.4 is 5.32 Å². The van der Waals surface area contributed by atoms with Crippen LogP contribution in [0.1, 0.15) is 19.8 Å². The molecular weight excluding hydrogens is 172 g/mol. The lowest BCUT2D eigenvalue weighted by atomic mass is 10.2. The van der Waals surface area contributed by atoms with Crippen LogP contribution in [-0.4, -0.2) is 43.0 Å². The quantitative estimate of drug-likeness (QED) is 0.673. The molecule has 0 saturated carbocycles. The van der Waals surface area contributed by atoms with Gasteiger partial charge in [0.05, 0.1) is 0 Å². The van der Waals surface area contributed by atoms with Crippen LogP contribution in [0, 0.1) is 0 Å². The molecule has 1 saturated heterocycles. The average Bonchev–Trinajstić information content (AvgIpc) is 2.05. The number of piperazine rings is 1. The predicted octanol–water partition coefficient (Wildman–Crippen LogP) is 1.30. The van der Waals surface area contributed by atoms with E-state index in [0.717, 1.165) is 19.5 Å². The van der Waals surface area contributed by atoms with E-state index in [-0.39, 0.29) is 0 Å². The van der Waals surface area contributed by atoms with E-state index in [4.69, 9.17) is 11.6 Å². The molecule has 1 atom stereocenters. The molecule has 1 rings (SSSR count). The summed E-state index contributed by atoms with van der Waals surface area (Å²) in [5.41, 5.74) is 0. The molecule has 1 unspecified atom stereocenters. The number of nitrogens with zero attached hydrogens (tertiary/aromatic N) is 1. The Bertz CT molecular complexity index is 111. The summed E-state index contributed by atoms with van der Waals surface area (Å²) >= 11 is 5.86. The summed E-state index contributed by atoms with van der Waals surface area (Å²) in [5.74, 6) is 0. The van der Waals surface area contributed by atoms with Crippen molar-refractivity contribution in [2.45, 2.75) is 25.1 Å². The Morgan fingerprint density at radius 3 is 2.67 bits per heavy atom. The third-order valence-electron chi connectivity index (χ3n) is 2.29. The normalized spacial score (nSPS) is 22.5. The van der Waals surface area contributed by atoms with Crippen molar-refractivity contribution in [2.24, 2.45) is 0 Å². The zero-order valence-corrected chi connectivity index (χ0v) is 8.61. The highest BCUT2D eigenvalue weighted by molar-refractivity contribution is 6.20. The fraction of sp³-hybridized carbons (Fsp3) is 1.00. The molecule has 1 heterocycles. The van der Waals surface area contributed by atoms with Gasteiger partial charge in [-0.1, -0.05) is 0 Å². The van der Waals surface area contributed by atoms with Crippen LogP contribution in [0.4, 0.5) is 0 Å². The molecule has 1 aliphatic rings. The predicted molar refractivity (Wildman–Crippen MR) is 53.9 cm³/mol. The van der Waals surface area contributed by atoms with Crippen molar-refractivity contribution < 1.29 is 0 Å². The third-order valence-corrected chi connectivity index (χ3v) is 2.50. The Kier molecular flexibility index (Phi) is 4.96.